The lowest BCUT2D eigenvalue weighted by atomic mass is 10.0. The molecule has 35 heavy (non-hydrogen) atoms. The molecule has 3 N–H and O–H groups in total. The van der Waals surface area contributed by atoms with Crippen molar-refractivity contribution in [2.75, 3.05) is 6.54 Å². The first-order chi connectivity index (χ1) is 17.0. The lowest BCUT2D eigenvalue weighted by Gasteiger charge is -2.08. The van der Waals surface area contributed by atoms with Crippen LogP contribution in [0, 0.1) is 0 Å². The zero-order valence-corrected chi connectivity index (χ0v) is 18.3. The number of amides is 1. The number of aliphatic carboxylic acids is 1. The van der Waals surface area contributed by atoms with Gasteiger partial charge in [0.15, 0.2) is 11.4 Å². The van der Waals surface area contributed by atoms with Crippen LogP contribution in [-0.2, 0) is 11.3 Å². The summed E-state index contributed by atoms with van der Waals surface area (Å²) < 4.78 is 7.18. The minimum absolute atomic E-state index is 0.0369. The van der Waals surface area contributed by atoms with Gasteiger partial charge >= 0.3 is 5.97 Å². The number of fused-ring (bicyclic) bond motifs is 1. The first kappa shape index (κ1) is 21.8. The van der Waals surface area contributed by atoms with Gasteiger partial charge in [0.1, 0.15) is 12.2 Å². The predicted octanol–water partition coefficient (Wildman–Crippen LogP) is 3.32. The fourth-order valence-electron chi connectivity index (χ4n) is 3.74. The van der Waals surface area contributed by atoms with Crippen molar-refractivity contribution in [3.63, 3.8) is 0 Å². The third kappa shape index (κ3) is 4.32. The van der Waals surface area contributed by atoms with Crippen molar-refractivity contribution in [1.82, 2.24) is 25.2 Å². The van der Waals surface area contributed by atoms with Gasteiger partial charge in [-0.2, -0.15) is 5.10 Å². The van der Waals surface area contributed by atoms with Gasteiger partial charge in [-0.25, -0.2) is 4.98 Å². The molecule has 10 heteroatoms. The number of hydrogen-bond acceptors (Lipinski definition) is 7. The number of nitrogens with zero attached hydrogens (tertiary/aromatic N) is 4. The van der Waals surface area contributed by atoms with Crippen molar-refractivity contribution in [1.29, 1.82) is 0 Å². The van der Waals surface area contributed by atoms with E-state index >= 15 is 0 Å². The Balaban J connectivity index is 1.65. The van der Waals surface area contributed by atoms with Gasteiger partial charge in [-0.3, -0.25) is 14.3 Å². The molecule has 0 atom stereocenters. The fourth-order valence-corrected chi connectivity index (χ4v) is 3.74. The smallest absolute Gasteiger partial charge is 0.322 e. The Morgan fingerprint density at radius 2 is 1.69 bits per heavy atom. The quantitative estimate of drug-likeness (QED) is 0.329. The minimum atomic E-state index is -1.23. The summed E-state index contributed by atoms with van der Waals surface area (Å²) in [5.74, 6) is -2.62. The number of rotatable bonds is 7. The van der Waals surface area contributed by atoms with Gasteiger partial charge in [-0.15, -0.1) is 0 Å². The number of nitrogens with one attached hydrogen (secondary N) is 1. The molecule has 10 nitrogen and oxygen atoms in total. The Kier molecular flexibility index (Phi) is 5.68. The molecule has 0 aliphatic heterocycles. The second-order valence-corrected chi connectivity index (χ2v) is 7.75. The molecule has 3 aromatic heterocycles. The van der Waals surface area contributed by atoms with Gasteiger partial charge in [0.2, 0.25) is 5.58 Å². The summed E-state index contributed by atoms with van der Waals surface area (Å²) in [6.07, 6.45) is 3.37. The number of carbonyl (C=O) groups excluding carboxylic acids is 1. The first-order valence-electron chi connectivity index (χ1n) is 10.7. The molecule has 0 aliphatic rings. The lowest BCUT2D eigenvalue weighted by Crippen LogP contribution is -2.30. The molecular weight excluding hydrogens is 450 g/mol. The van der Waals surface area contributed by atoms with Gasteiger partial charge in [-0.1, -0.05) is 65.8 Å². The summed E-state index contributed by atoms with van der Waals surface area (Å²) in [7, 11) is 0. The van der Waals surface area contributed by atoms with Crippen LogP contribution in [0.4, 0.5) is 0 Å². The Labute approximate surface area is 198 Å². The van der Waals surface area contributed by atoms with Gasteiger partial charge in [0.05, 0.1) is 23.8 Å². The van der Waals surface area contributed by atoms with E-state index in [2.05, 4.69) is 20.6 Å². The molecule has 5 rings (SSSR count). The fraction of sp³-hybridized carbons (Fsp3) is 0.0800. The van der Waals surface area contributed by atoms with E-state index in [-0.39, 0.29) is 11.3 Å². The summed E-state index contributed by atoms with van der Waals surface area (Å²) >= 11 is 0. The molecule has 0 fully saturated rings. The molecule has 1 amide bonds. The van der Waals surface area contributed by atoms with E-state index in [1.165, 1.54) is 0 Å². The molecule has 0 saturated heterocycles. The molecule has 2 aromatic carbocycles. The van der Waals surface area contributed by atoms with E-state index in [1.54, 1.807) is 17.1 Å². The number of carboxylic acid groups (broad SMARTS) is 1. The highest BCUT2D eigenvalue weighted by Gasteiger charge is 2.27. The highest BCUT2D eigenvalue weighted by molar-refractivity contribution is 6.08. The second-order valence-electron chi connectivity index (χ2n) is 7.75. The van der Waals surface area contributed by atoms with Crippen molar-refractivity contribution in [2.45, 2.75) is 6.54 Å². The van der Waals surface area contributed by atoms with Crippen molar-refractivity contribution >= 4 is 22.8 Å². The maximum atomic E-state index is 12.6. The molecule has 174 valence electrons. The van der Waals surface area contributed by atoms with Crippen LogP contribution in [0.1, 0.15) is 16.1 Å². The number of aromatic nitrogens is 4. The zero-order valence-electron chi connectivity index (χ0n) is 18.3. The van der Waals surface area contributed by atoms with E-state index in [0.29, 0.717) is 28.9 Å². The Bertz CT molecular complexity index is 1530. The summed E-state index contributed by atoms with van der Waals surface area (Å²) in [4.78, 5) is 28.0. The normalized spacial score (nSPS) is 11.0. The van der Waals surface area contributed by atoms with Gasteiger partial charge in [0.25, 0.3) is 5.91 Å². The predicted molar refractivity (Wildman–Crippen MR) is 126 cm³/mol. The zero-order chi connectivity index (χ0) is 24.4. The van der Waals surface area contributed by atoms with E-state index in [0.717, 1.165) is 11.1 Å². The van der Waals surface area contributed by atoms with Gasteiger partial charge in [0, 0.05) is 17.3 Å². The average molecular weight is 469 g/mol. The molecule has 0 radical (unpaired) electrons. The molecule has 0 bridgehead atoms. The third-order valence-corrected chi connectivity index (χ3v) is 5.35. The standard InChI is InChI=1S/C25H19N5O5/c31-18(32)12-26-25(34)22-23(33)24-19(21(29-35-24)16-9-5-2-6-10-16)20(28-22)17-11-27-30(14-17)13-15-7-3-1-4-8-15/h1-11,14,33H,12-13H2,(H,26,34)(H,31,32). The maximum absolute atomic E-state index is 12.6. The first-order valence-corrected chi connectivity index (χ1v) is 10.7. The van der Waals surface area contributed by atoms with E-state index in [4.69, 9.17) is 9.63 Å². The molecule has 0 aliphatic carbocycles. The van der Waals surface area contributed by atoms with E-state index < -0.39 is 24.2 Å². The lowest BCUT2D eigenvalue weighted by molar-refractivity contribution is -0.135. The highest BCUT2D eigenvalue weighted by Crippen LogP contribution is 2.40. The van der Waals surface area contributed by atoms with Crippen molar-refractivity contribution in [3.05, 3.63) is 84.3 Å². The Hall–Kier alpha value is -4.99. The van der Waals surface area contributed by atoms with Crippen LogP contribution >= 0.6 is 0 Å². The number of benzene rings is 2. The summed E-state index contributed by atoms with van der Waals surface area (Å²) in [5.41, 5.74) is 2.69. The van der Waals surface area contributed by atoms with Crippen molar-refractivity contribution in [2.24, 2.45) is 0 Å². The van der Waals surface area contributed by atoms with Crippen LogP contribution in [-0.4, -0.2) is 48.6 Å². The number of hydrogen-bond donors (Lipinski definition) is 3. The van der Waals surface area contributed by atoms with E-state index in [9.17, 15) is 14.7 Å². The summed E-state index contributed by atoms with van der Waals surface area (Å²) in [6.45, 7) is -0.114. The van der Waals surface area contributed by atoms with Gasteiger partial charge < -0.3 is 20.1 Å². The van der Waals surface area contributed by atoms with Crippen LogP contribution in [0.5, 0.6) is 5.75 Å². The van der Waals surface area contributed by atoms with Crippen LogP contribution in [0.3, 0.4) is 0 Å². The SMILES string of the molecule is O=C(O)CNC(=O)c1nc(-c2cnn(Cc3ccccc3)c2)c2c(-c3ccccc3)noc2c1O. The molecule has 0 spiro atoms. The Morgan fingerprint density at radius 1 is 0.971 bits per heavy atom. The topological polar surface area (TPSA) is 143 Å². The second kappa shape index (κ2) is 9.10. The molecular formula is C25H19N5O5. The van der Waals surface area contributed by atoms with E-state index in [1.807, 2.05) is 60.7 Å². The molecule has 5 aromatic rings. The summed E-state index contributed by atoms with van der Waals surface area (Å²) in [5, 5.41) is 30.9. The van der Waals surface area contributed by atoms with Crippen LogP contribution in [0.15, 0.2) is 77.6 Å². The largest absolute Gasteiger partial charge is 0.503 e. The molecule has 3 heterocycles. The minimum Gasteiger partial charge on any atom is -0.503 e. The monoisotopic (exact) mass is 469 g/mol. The van der Waals surface area contributed by atoms with Crippen LogP contribution in [0.25, 0.3) is 33.5 Å². The number of pyridine rings is 1. The highest BCUT2D eigenvalue weighted by atomic mass is 16.5. The van der Waals surface area contributed by atoms with Gasteiger partial charge in [-0.05, 0) is 5.56 Å². The number of carbonyl (C=O) groups is 2. The van der Waals surface area contributed by atoms with Crippen LogP contribution < -0.4 is 5.32 Å². The Morgan fingerprint density at radius 3 is 2.40 bits per heavy atom. The van der Waals surface area contributed by atoms with Crippen LogP contribution in [0.2, 0.25) is 0 Å². The maximum Gasteiger partial charge on any atom is 0.322 e. The van der Waals surface area contributed by atoms with Crippen molar-refractivity contribution < 1.29 is 24.3 Å². The third-order valence-electron chi connectivity index (χ3n) is 5.35. The number of aromatic hydroxyl groups is 1. The number of carboxylic acids is 1. The molecule has 0 unspecified atom stereocenters. The molecule has 0 saturated carbocycles. The van der Waals surface area contributed by atoms with Crippen molar-refractivity contribution in [3.8, 4) is 28.3 Å². The average Bonchev–Trinajstić information content (AvgIpc) is 3.52. The summed E-state index contributed by atoms with van der Waals surface area (Å²) in [6, 6.07) is 19.0.